The lowest BCUT2D eigenvalue weighted by Gasteiger charge is -2.26. The van der Waals surface area contributed by atoms with Crippen LogP contribution in [0.1, 0.15) is 6.42 Å². The summed E-state index contributed by atoms with van der Waals surface area (Å²) in [5.74, 6) is 2.52. The Kier molecular flexibility index (Phi) is 8.93. The van der Waals surface area contributed by atoms with Crippen LogP contribution in [-0.2, 0) is 4.74 Å². The normalized spacial score (nSPS) is 15.7. The van der Waals surface area contributed by atoms with Gasteiger partial charge in [0.2, 0.25) is 0 Å². The molecular weight excluding hydrogens is 320 g/mol. The molecule has 0 atom stereocenters. The lowest BCUT2D eigenvalue weighted by Crippen LogP contribution is -2.44. The van der Waals surface area contributed by atoms with Gasteiger partial charge in [-0.1, -0.05) is 0 Å². The average molecular weight is 350 g/mol. The fourth-order valence-electron chi connectivity index (χ4n) is 2.52. The van der Waals surface area contributed by atoms with Crippen molar-refractivity contribution >= 4 is 5.96 Å². The van der Waals surface area contributed by atoms with E-state index in [4.69, 9.17) is 14.2 Å². The summed E-state index contributed by atoms with van der Waals surface area (Å²) in [7, 11) is 3.45. The van der Waals surface area contributed by atoms with Crippen LogP contribution in [-0.4, -0.2) is 77.6 Å². The first kappa shape index (κ1) is 19.3. The van der Waals surface area contributed by atoms with Gasteiger partial charge in [0.05, 0.1) is 26.9 Å². The molecule has 7 nitrogen and oxygen atoms in total. The summed E-state index contributed by atoms with van der Waals surface area (Å²) >= 11 is 0. The summed E-state index contributed by atoms with van der Waals surface area (Å²) in [5, 5.41) is 6.65. The van der Waals surface area contributed by atoms with Gasteiger partial charge in [0.15, 0.2) is 5.96 Å². The van der Waals surface area contributed by atoms with Crippen LogP contribution >= 0.6 is 0 Å². The number of aliphatic imine (C=N–C) groups is 1. The number of guanidine groups is 1. The Morgan fingerprint density at radius 1 is 1.12 bits per heavy atom. The van der Waals surface area contributed by atoms with Gasteiger partial charge in [-0.3, -0.25) is 9.89 Å². The molecular formula is C18H30N4O3. The monoisotopic (exact) mass is 350 g/mol. The first-order chi connectivity index (χ1) is 12.3. The maximum absolute atomic E-state index is 5.71. The second kappa shape index (κ2) is 11.5. The summed E-state index contributed by atoms with van der Waals surface area (Å²) in [4.78, 5) is 6.64. The maximum atomic E-state index is 5.71. The molecule has 0 aliphatic carbocycles. The van der Waals surface area contributed by atoms with Crippen LogP contribution in [0.3, 0.4) is 0 Å². The van der Waals surface area contributed by atoms with Gasteiger partial charge in [0, 0.05) is 39.8 Å². The van der Waals surface area contributed by atoms with Crippen molar-refractivity contribution in [3.05, 3.63) is 24.3 Å². The molecule has 140 valence electrons. The van der Waals surface area contributed by atoms with Crippen molar-refractivity contribution in [3.63, 3.8) is 0 Å². The van der Waals surface area contributed by atoms with Crippen LogP contribution in [0.2, 0.25) is 0 Å². The zero-order valence-electron chi connectivity index (χ0n) is 15.3. The number of benzene rings is 1. The SMILES string of the molecule is CN=C(NCCCOc1ccc(OC)cc1)NCCN1CCOCC1. The van der Waals surface area contributed by atoms with E-state index in [-0.39, 0.29) is 0 Å². The summed E-state index contributed by atoms with van der Waals surface area (Å²) in [6, 6.07) is 7.62. The van der Waals surface area contributed by atoms with E-state index in [0.29, 0.717) is 6.61 Å². The number of hydrogen-bond donors (Lipinski definition) is 2. The number of methoxy groups -OCH3 is 1. The van der Waals surface area contributed by atoms with E-state index in [0.717, 1.165) is 69.8 Å². The van der Waals surface area contributed by atoms with E-state index in [9.17, 15) is 0 Å². The molecule has 0 aromatic heterocycles. The van der Waals surface area contributed by atoms with Crippen molar-refractivity contribution < 1.29 is 14.2 Å². The first-order valence-corrected chi connectivity index (χ1v) is 8.83. The van der Waals surface area contributed by atoms with Gasteiger partial charge in [0.1, 0.15) is 11.5 Å². The summed E-state index contributed by atoms with van der Waals surface area (Å²) in [6.45, 7) is 7.04. The van der Waals surface area contributed by atoms with E-state index in [1.165, 1.54) is 0 Å². The number of rotatable bonds is 9. The number of ether oxygens (including phenoxy) is 3. The smallest absolute Gasteiger partial charge is 0.191 e. The molecule has 1 aromatic rings. The molecule has 0 unspecified atom stereocenters. The molecule has 0 amide bonds. The number of morpholine rings is 1. The fraction of sp³-hybridized carbons (Fsp3) is 0.611. The van der Waals surface area contributed by atoms with Crippen LogP contribution in [0.4, 0.5) is 0 Å². The van der Waals surface area contributed by atoms with Gasteiger partial charge in [-0.15, -0.1) is 0 Å². The van der Waals surface area contributed by atoms with Crippen molar-refractivity contribution in [2.45, 2.75) is 6.42 Å². The molecule has 1 heterocycles. The van der Waals surface area contributed by atoms with Gasteiger partial charge in [0.25, 0.3) is 0 Å². The number of nitrogens with zero attached hydrogens (tertiary/aromatic N) is 2. The van der Waals surface area contributed by atoms with E-state index < -0.39 is 0 Å². The first-order valence-electron chi connectivity index (χ1n) is 8.83. The highest BCUT2D eigenvalue weighted by Crippen LogP contribution is 2.16. The number of nitrogens with one attached hydrogen (secondary N) is 2. The molecule has 0 radical (unpaired) electrons. The predicted molar refractivity (Wildman–Crippen MR) is 99.7 cm³/mol. The second-order valence-corrected chi connectivity index (χ2v) is 5.76. The van der Waals surface area contributed by atoms with Crippen molar-refractivity contribution in [2.75, 3.05) is 66.7 Å². The molecule has 25 heavy (non-hydrogen) atoms. The molecule has 1 aliphatic rings. The summed E-state index contributed by atoms with van der Waals surface area (Å²) in [5.41, 5.74) is 0. The standard InChI is InChI=1S/C18H30N4O3/c1-19-18(21-9-10-22-11-14-24-15-12-22)20-8-3-13-25-17-6-4-16(23-2)5-7-17/h4-7H,3,8-15H2,1-2H3,(H2,19,20,21). The largest absolute Gasteiger partial charge is 0.497 e. The van der Waals surface area contributed by atoms with Crippen LogP contribution < -0.4 is 20.1 Å². The van der Waals surface area contributed by atoms with Gasteiger partial charge < -0.3 is 24.8 Å². The van der Waals surface area contributed by atoms with Crippen LogP contribution in [0.5, 0.6) is 11.5 Å². The Morgan fingerprint density at radius 3 is 2.48 bits per heavy atom. The van der Waals surface area contributed by atoms with Crippen LogP contribution in [0, 0.1) is 0 Å². The zero-order chi connectivity index (χ0) is 17.7. The Hall–Kier alpha value is -1.99. The van der Waals surface area contributed by atoms with Gasteiger partial charge in [-0.05, 0) is 30.7 Å². The fourth-order valence-corrected chi connectivity index (χ4v) is 2.52. The van der Waals surface area contributed by atoms with Crippen molar-refractivity contribution in [2.24, 2.45) is 4.99 Å². The van der Waals surface area contributed by atoms with E-state index >= 15 is 0 Å². The molecule has 1 fully saturated rings. The molecule has 2 rings (SSSR count). The molecule has 0 saturated carbocycles. The number of hydrogen-bond acceptors (Lipinski definition) is 5. The quantitative estimate of drug-likeness (QED) is 0.393. The van der Waals surface area contributed by atoms with Crippen molar-refractivity contribution in [1.82, 2.24) is 15.5 Å². The Bertz CT molecular complexity index is 502. The lowest BCUT2D eigenvalue weighted by atomic mass is 10.3. The Labute approximate surface area is 150 Å². The third kappa shape index (κ3) is 7.62. The molecule has 0 bridgehead atoms. The predicted octanol–water partition coefficient (Wildman–Crippen LogP) is 0.961. The van der Waals surface area contributed by atoms with Gasteiger partial charge in [-0.2, -0.15) is 0 Å². The molecule has 2 N–H and O–H groups in total. The Morgan fingerprint density at radius 2 is 1.80 bits per heavy atom. The highest BCUT2D eigenvalue weighted by atomic mass is 16.5. The zero-order valence-corrected chi connectivity index (χ0v) is 15.3. The van der Waals surface area contributed by atoms with Gasteiger partial charge >= 0.3 is 0 Å². The highest BCUT2D eigenvalue weighted by molar-refractivity contribution is 5.79. The van der Waals surface area contributed by atoms with Crippen LogP contribution in [0.25, 0.3) is 0 Å². The molecule has 0 spiro atoms. The topological polar surface area (TPSA) is 67.4 Å². The summed E-state index contributed by atoms with van der Waals surface area (Å²) < 4.78 is 16.2. The molecule has 1 aliphatic heterocycles. The second-order valence-electron chi connectivity index (χ2n) is 5.76. The Balaban J connectivity index is 1.52. The minimum atomic E-state index is 0.657. The minimum Gasteiger partial charge on any atom is -0.497 e. The molecule has 7 heteroatoms. The highest BCUT2D eigenvalue weighted by Gasteiger charge is 2.09. The van der Waals surface area contributed by atoms with E-state index in [2.05, 4.69) is 20.5 Å². The molecule has 1 saturated heterocycles. The third-order valence-corrected chi connectivity index (χ3v) is 3.99. The van der Waals surface area contributed by atoms with E-state index in [1.54, 1.807) is 14.2 Å². The molecule has 1 aromatic carbocycles. The lowest BCUT2D eigenvalue weighted by molar-refractivity contribution is 0.0389. The average Bonchev–Trinajstić information content (AvgIpc) is 2.67. The summed E-state index contributed by atoms with van der Waals surface area (Å²) in [6.07, 6.45) is 0.899. The van der Waals surface area contributed by atoms with Crippen molar-refractivity contribution in [1.29, 1.82) is 0 Å². The van der Waals surface area contributed by atoms with Crippen molar-refractivity contribution in [3.8, 4) is 11.5 Å². The van der Waals surface area contributed by atoms with E-state index in [1.807, 2.05) is 24.3 Å². The van der Waals surface area contributed by atoms with Gasteiger partial charge in [-0.25, -0.2) is 0 Å². The minimum absolute atomic E-state index is 0.657. The third-order valence-electron chi connectivity index (χ3n) is 3.99. The maximum Gasteiger partial charge on any atom is 0.191 e. The van der Waals surface area contributed by atoms with Crippen LogP contribution in [0.15, 0.2) is 29.3 Å².